The van der Waals surface area contributed by atoms with Gasteiger partial charge in [0, 0.05) is 31.5 Å². The van der Waals surface area contributed by atoms with Crippen molar-refractivity contribution in [3.8, 4) is 0 Å². The van der Waals surface area contributed by atoms with E-state index in [0.29, 0.717) is 25.9 Å². The molecule has 1 heterocycles. The molecule has 6 heteroatoms. The summed E-state index contributed by atoms with van der Waals surface area (Å²) in [6, 6.07) is -0.122. The lowest BCUT2D eigenvalue weighted by Gasteiger charge is -2.31. The topological polar surface area (TPSA) is 66.5 Å². The number of hydrogen-bond acceptors (Lipinski definition) is 3. The Labute approximate surface area is 97.4 Å². The maximum atomic E-state index is 11.9. The highest BCUT2D eigenvalue weighted by atomic mass is 32.2. The number of carbonyl (C=O) groups is 1. The van der Waals surface area contributed by atoms with Gasteiger partial charge in [0.05, 0.1) is 0 Å². The van der Waals surface area contributed by atoms with Gasteiger partial charge in [-0.2, -0.15) is 17.4 Å². The Morgan fingerprint density at radius 1 is 1.50 bits per heavy atom. The third-order valence-corrected chi connectivity index (χ3v) is 4.49. The second kappa shape index (κ2) is 5.25. The number of Topliss-reactive ketones (excluding diaryl/α,β-unsaturated/α-hetero) is 1. The van der Waals surface area contributed by atoms with E-state index < -0.39 is 10.2 Å². The first-order chi connectivity index (χ1) is 7.36. The smallest absolute Gasteiger partial charge is 0.279 e. The summed E-state index contributed by atoms with van der Waals surface area (Å²) in [6.07, 6.45) is 1.03. The van der Waals surface area contributed by atoms with E-state index in [1.807, 2.05) is 6.92 Å². The summed E-state index contributed by atoms with van der Waals surface area (Å²) < 4.78 is 27.6. The highest BCUT2D eigenvalue weighted by Crippen LogP contribution is 2.18. The van der Waals surface area contributed by atoms with Gasteiger partial charge in [-0.25, -0.2) is 0 Å². The van der Waals surface area contributed by atoms with E-state index >= 15 is 0 Å². The minimum Gasteiger partial charge on any atom is -0.299 e. The molecule has 0 saturated carbocycles. The van der Waals surface area contributed by atoms with Crippen LogP contribution in [-0.4, -0.2) is 37.6 Å². The van der Waals surface area contributed by atoms with E-state index in [1.54, 1.807) is 13.8 Å². The molecule has 1 fully saturated rings. The van der Waals surface area contributed by atoms with Gasteiger partial charge >= 0.3 is 0 Å². The van der Waals surface area contributed by atoms with Crippen molar-refractivity contribution in [1.82, 2.24) is 9.03 Å². The monoisotopic (exact) mass is 248 g/mol. The van der Waals surface area contributed by atoms with Crippen LogP contribution in [0.4, 0.5) is 0 Å². The van der Waals surface area contributed by atoms with Crippen LogP contribution in [0.5, 0.6) is 0 Å². The molecule has 1 saturated heterocycles. The van der Waals surface area contributed by atoms with E-state index in [-0.39, 0.29) is 17.7 Å². The summed E-state index contributed by atoms with van der Waals surface area (Å²) in [5.41, 5.74) is 0. The summed E-state index contributed by atoms with van der Waals surface area (Å²) >= 11 is 0. The fraction of sp³-hybridized carbons (Fsp3) is 0.900. The zero-order valence-corrected chi connectivity index (χ0v) is 10.9. The summed E-state index contributed by atoms with van der Waals surface area (Å²) in [5.74, 6) is 0.0379. The minimum absolute atomic E-state index is 0.122. The van der Waals surface area contributed by atoms with Crippen molar-refractivity contribution < 1.29 is 13.2 Å². The summed E-state index contributed by atoms with van der Waals surface area (Å²) in [4.78, 5) is 11.5. The summed E-state index contributed by atoms with van der Waals surface area (Å²) in [5, 5.41) is 0. The van der Waals surface area contributed by atoms with Gasteiger partial charge < -0.3 is 0 Å². The van der Waals surface area contributed by atoms with E-state index in [2.05, 4.69) is 4.72 Å². The molecule has 0 aromatic heterocycles. The number of hydrogen-bond donors (Lipinski definition) is 1. The number of rotatable bonds is 4. The van der Waals surface area contributed by atoms with Crippen LogP contribution < -0.4 is 4.72 Å². The predicted molar refractivity (Wildman–Crippen MR) is 62.2 cm³/mol. The Morgan fingerprint density at radius 2 is 2.12 bits per heavy atom. The molecule has 1 unspecified atom stereocenters. The summed E-state index contributed by atoms with van der Waals surface area (Å²) in [7, 11) is -3.42. The molecule has 0 bridgehead atoms. The zero-order chi connectivity index (χ0) is 12.3. The first kappa shape index (κ1) is 13.6. The molecule has 0 radical (unpaired) electrons. The van der Waals surface area contributed by atoms with Crippen molar-refractivity contribution in [2.45, 2.75) is 39.7 Å². The Hall–Kier alpha value is -0.460. The van der Waals surface area contributed by atoms with Gasteiger partial charge in [-0.15, -0.1) is 0 Å². The van der Waals surface area contributed by atoms with Crippen molar-refractivity contribution in [3.63, 3.8) is 0 Å². The van der Waals surface area contributed by atoms with Crippen LogP contribution >= 0.6 is 0 Å². The van der Waals surface area contributed by atoms with Crippen LogP contribution in [0.25, 0.3) is 0 Å². The molecule has 5 nitrogen and oxygen atoms in total. The number of nitrogens with zero attached hydrogens (tertiary/aromatic N) is 1. The van der Waals surface area contributed by atoms with Crippen LogP contribution in [0.3, 0.4) is 0 Å². The number of piperidine rings is 1. The molecule has 16 heavy (non-hydrogen) atoms. The maximum absolute atomic E-state index is 11.9. The Balaban J connectivity index is 2.72. The molecule has 1 aliphatic heterocycles. The SMILES string of the molecule is CCC1CN(S(=O)(=O)NC(C)C)CCC1=O. The van der Waals surface area contributed by atoms with Crippen LogP contribution in [0, 0.1) is 5.92 Å². The standard InChI is InChI=1S/C10H20N2O3S/c1-4-9-7-12(6-5-10(9)13)16(14,15)11-8(2)3/h8-9,11H,4-7H2,1-3H3. The van der Waals surface area contributed by atoms with Crippen LogP contribution in [-0.2, 0) is 15.0 Å². The lowest BCUT2D eigenvalue weighted by molar-refractivity contribution is -0.125. The number of carbonyl (C=O) groups excluding carboxylic acids is 1. The third-order valence-electron chi connectivity index (χ3n) is 2.70. The predicted octanol–water partition coefficient (Wildman–Crippen LogP) is 0.530. The van der Waals surface area contributed by atoms with Gasteiger partial charge in [0.1, 0.15) is 5.78 Å². The molecule has 0 aromatic carbocycles. The lowest BCUT2D eigenvalue weighted by Crippen LogP contribution is -2.50. The van der Waals surface area contributed by atoms with Crippen LogP contribution in [0.1, 0.15) is 33.6 Å². The molecule has 1 rings (SSSR count). The van der Waals surface area contributed by atoms with Gasteiger partial charge in [-0.05, 0) is 20.3 Å². The molecule has 0 aromatic rings. The van der Waals surface area contributed by atoms with Gasteiger partial charge in [0.25, 0.3) is 10.2 Å². The zero-order valence-electron chi connectivity index (χ0n) is 10.1. The number of nitrogens with one attached hydrogen (secondary N) is 1. The molecule has 0 aliphatic carbocycles. The molecular weight excluding hydrogens is 228 g/mol. The lowest BCUT2D eigenvalue weighted by atomic mass is 9.96. The van der Waals surface area contributed by atoms with Gasteiger partial charge in [-0.3, -0.25) is 4.79 Å². The second-order valence-electron chi connectivity index (χ2n) is 4.46. The van der Waals surface area contributed by atoms with Crippen molar-refractivity contribution in [3.05, 3.63) is 0 Å². The molecule has 0 amide bonds. The van der Waals surface area contributed by atoms with Gasteiger partial charge in [-0.1, -0.05) is 6.92 Å². The first-order valence-electron chi connectivity index (χ1n) is 5.67. The molecule has 0 spiro atoms. The fourth-order valence-corrected chi connectivity index (χ4v) is 3.28. The van der Waals surface area contributed by atoms with E-state index in [4.69, 9.17) is 0 Å². The summed E-state index contributed by atoms with van der Waals surface area (Å²) in [6.45, 7) is 6.09. The van der Waals surface area contributed by atoms with Gasteiger partial charge in [0.15, 0.2) is 0 Å². The first-order valence-corrected chi connectivity index (χ1v) is 7.11. The molecule has 1 N–H and O–H groups in total. The normalized spacial score (nSPS) is 24.0. The number of ketones is 1. The largest absolute Gasteiger partial charge is 0.299 e. The fourth-order valence-electron chi connectivity index (χ4n) is 1.83. The Morgan fingerprint density at radius 3 is 2.62 bits per heavy atom. The Bertz CT molecular complexity index is 351. The average molecular weight is 248 g/mol. The van der Waals surface area contributed by atoms with E-state index in [9.17, 15) is 13.2 Å². The third kappa shape index (κ3) is 3.26. The average Bonchev–Trinajstić information content (AvgIpc) is 2.16. The highest BCUT2D eigenvalue weighted by molar-refractivity contribution is 7.87. The maximum Gasteiger partial charge on any atom is 0.279 e. The quantitative estimate of drug-likeness (QED) is 0.789. The van der Waals surface area contributed by atoms with Gasteiger partial charge in [0.2, 0.25) is 0 Å². The van der Waals surface area contributed by atoms with Crippen molar-refractivity contribution in [2.75, 3.05) is 13.1 Å². The van der Waals surface area contributed by atoms with Crippen LogP contribution in [0.2, 0.25) is 0 Å². The highest BCUT2D eigenvalue weighted by Gasteiger charge is 2.32. The van der Waals surface area contributed by atoms with E-state index in [0.717, 1.165) is 0 Å². The minimum atomic E-state index is -3.42. The molecule has 94 valence electrons. The second-order valence-corrected chi connectivity index (χ2v) is 6.16. The van der Waals surface area contributed by atoms with Crippen molar-refractivity contribution in [1.29, 1.82) is 0 Å². The molecule has 1 aliphatic rings. The Kier molecular flexibility index (Phi) is 4.46. The van der Waals surface area contributed by atoms with Crippen molar-refractivity contribution in [2.24, 2.45) is 5.92 Å². The molecular formula is C10H20N2O3S. The van der Waals surface area contributed by atoms with Crippen molar-refractivity contribution >= 4 is 16.0 Å². The molecule has 1 atom stereocenters. The van der Waals surface area contributed by atoms with Crippen LogP contribution in [0.15, 0.2) is 0 Å². The van der Waals surface area contributed by atoms with E-state index in [1.165, 1.54) is 4.31 Å².